The van der Waals surface area contributed by atoms with E-state index in [0.29, 0.717) is 0 Å². The summed E-state index contributed by atoms with van der Waals surface area (Å²) in [5, 5.41) is 12.5. The van der Waals surface area contributed by atoms with E-state index in [-0.39, 0.29) is 17.2 Å². The third kappa shape index (κ3) is 5.51. The number of nitro benzene ring substituents is 1. The van der Waals surface area contributed by atoms with Crippen LogP contribution < -0.4 is 11.1 Å². The Balaban J connectivity index is 2.06. The minimum absolute atomic E-state index is 0.0193. The summed E-state index contributed by atoms with van der Waals surface area (Å²) < 4.78 is 43.9. The molecular weight excluding hydrogens is 399 g/mol. The molecule has 2 amide bonds. The van der Waals surface area contributed by atoms with Crippen LogP contribution in [0.15, 0.2) is 42.5 Å². The van der Waals surface area contributed by atoms with Crippen LogP contribution in [0.2, 0.25) is 0 Å². The number of non-ortho nitro benzene ring substituents is 1. The van der Waals surface area contributed by atoms with E-state index in [0.717, 1.165) is 12.1 Å². The number of hydrogen-bond donors (Lipinski definition) is 2. The van der Waals surface area contributed by atoms with Gasteiger partial charge >= 0.3 is 12.1 Å². The fourth-order valence-electron chi connectivity index (χ4n) is 2.16. The van der Waals surface area contributed by atoms with Gasteiger partial charge in [-0.05, 0) is 30.3 Å². The highest BCUT2D eigenvalue weighted by Crippen LogP contribution is 2.37. The van der Waals surface area contributed by atoms with E-state index in [4.69, 9.17) is 10.5 Å². The van der Waals surface area contributed by atoms with Crippen molar-refractivity contribution in [1.29, 1.82) is 0 Å². The fraction of sp³-hybridized carbons (Fsp3) is 0.118. The van der Waals surface area contributed by atoms with Crippen LogP contribution in [0, 0.1) is 10.1 Å². The van der Waals surface area contributed by atoms with Crippen molar-refractivity contribution >= 4 is 29.2 Å². The molecular formula is C17H12F3N3O6. The summed E-state index contributed by atoms with van der Waals surface area (Å²) in [4.78, 5) is 44.3. The number of nitro groups is 1. The van der Waals surface area contributed by atoms with Crippen LogP contribution in [0.4, 0.5) is 24.5 Å². The molecule has 3 N–H and O–H groups in total. The summed E-state index contributed by atoms with van der Waals surface area (Å²) in [5.74, 6) is -2.77. The number of alkyl halides is 3. The highest BCUT2D eigenvalue weighted by molar-refractivity contribution is 5.97. The summed E-state index contributed by atoms with van der Waals surface area (Å²) in [5.41, 5.74) is 2.22. The molecule has 2 aromatic carbocycles. The molecule has 0 radical (unpaired) electrons. The highest BCUT2D eigenvalue weighted by Gasteiger charge is 2.35. The van der Waals surface area contributed by atoms with E-state index in [1.165, 1.54) is 24.3 Å². The lowest BCUT2D eigenvalue weighted by Gasteiger charge is -2.13. The summed E-state index contributed by atoms with van der Waals surface area (Å²) in [6.45, 7) is -0.912. The molecule has 9 nitrogen and oxygen atoms in total. The van der Waals surface area contributed by atoms with Crippen LogP contribution in [0.3, 0.4) is 0 Å². The number of anilines is 1. The number of benzene rings is 2. The molecule has 0 saturated carbocycles. The number of nitrogens with one attached hydrogen (secondary N) is 1. The van der Waals surface area contributed by atoms with Gasteiger partial charge in [-0.3, -0.25) is 19.7 Å². The van der Waals surface area contributed by atoms with Crippen molar-refractivity contribution in [3.63, 3.8) is 0 Å². The van der Waals surface area contributed by atoms with Crippen LogP contribution in [0.5, 0.6) is 0 Å². The van der Waals surface area contributed by atoms with Gasteiger partial charge in [0.25, 0.3) is 11.6 Å². The molecule has 29 heavy (non-hydrogen) atoms. The Morgan fingerprint density at radius 3 is 2.17 bits per heavy atom. The highest BCUT2D eigenvalue weighted by atomic mass is 19.4. The van der Waals surface area contributed by atoms with Gasteiger partial charge < -0.3 is 15.8 Å². The first-order chi connectivity index (χ1) is 13.5. The van der Waals surface area contributed by atoms with Gasteiger partial charge in [0, 0.05) is 17.7 Å². The molecule has 0 aromatic heterocycles. The maximum absolute atomic E-state index is 13.1. The normalized spacial score (nSPS) is 10.9. The first-order valence-electron chi connectivity index (χ1n) is 7.71. The Morgan fingerprint density at radius 1 is 1.07 bits per heavy atom. The second kappa shape index (κ2) is 8.37. The zero-order valence-electron chi connectivity index (χ0n) is 14.4. The van der Waals surface area contributed by atoms with Gasteiger partial charge in [0.2, 0.25) is 5.91 Å². The largest absolute Gasteiger partial charge is 0.452 e. The molecule has 0 heterocycles. The van der Waals surface area contributed by atoms with Gasteiger partial charge in [0.1, 0.15) is 0 Å². The number of halogens is 3. The summed E-state index contributed by atoms with van der Waals surface area (Å²) in [6.07, 6.45) is -4.96. The zero-order valence-corrected chi connectivity index (χ0v) is 14.4. The van der Waals surface area contributed by atoms with Gasteiger partial charge in [0.15, 0.2) is 6.61 Å². The van der Waals surface area contributed by atoms with Crippen LogP contribution in [-0.4, -0.2) is 29.3 Å². The van der Waals surface area contributed by atoms with E-state index in [9.17, 15) is 37.7 Å². The number of amides is 2. The number of nitrogens with two attached hydrogens (primary N) is 1. The Hall–Kier alpha value is -3.96. The smallest absolute Gasteiger partial charge is 0.418 e. The van der Waals surface area contributed by atoms with Gasteiger partial charge in [-0.15, -0.1) is 0 Å². The molecule has 0 atom stereocenters. The topological polar surface area (TPSA) is 142 Å². The van der Waals surface area contributed by atoms with Crippen molar-refractivity contribution in [1.82, 2.24) is 0 Å². The zero-order chi connectivity index (χ0) is 21.8. The molecule has 12 heteroatoms. The van der Waals surface area contributed by atoms with Crippen molar-refractivity contribution in [2.75, 3.05) is 11.9 Å². The van der Waals surface area contributed by atoms with Gasteiger partial charge in [-0.2, -0.15) is 13.2 Å². The molecule has 2 rings (SSSR count). The number of carbonyl (C=O) groups excluding carboxylic acids is 3. The third-order valence-electron chi connectivity index (χ3n) is 3.53. The first-order valence-corrected chi connectivity index (χ1v) is 7.71. The number of carbonyl (C=O) groups is 3. The average Bonchev–Trinajstić information content (AvgIpc) is 2.65. The summed E-state index contributed by atoms with van der Waals surface area (Å²) >= 11 is 0. The molecule has 0 aliphatic heterocycles. The Bertz CT molecular complexity index is 973. The lowest BCUT2D eigenvalue weighted by molar-refractivity contribution is -0.385. The van der Waals surface area contributed by atoms with Crippen LogP contribution >= 0.6 is 0 Å². The number of ether oxygens (including phenoxy) is 1. The molecule has 0 aliphatic carbocycles. The van der Waals surface area contributed by atoms with Crippen molar-refractivity contribution in [3.05, 3.63) is 69.3 Å². The van der Waals surface area contributed by atoms with Gasteiger partial charge in [-0.25, -0.2) is 4.79 Å². The van der Waals surface area contributed by atoms with E-state index >= 15 is 0 Å². The van der Waals surface area contributed by atoms with E-state index in [1.54, 1.807) is 0 Å². The van der Waals surface area contributed by atoms with Gasteiger partial charge in [-0.1, -0.05) is 0 Å². The predicted molar refractivity (Wildman–Crippen MR) is 92.0 cm³/mol. The molecule has 0 aliphatic rings. The minimum atomic E-state index is -4.96. The number of nitrogens with zero attached hydrogens (tertiary/aromatic N) is 1. The minimum Gasteiger partial charge on any atom is -0.452 e. The molecule has 0 fully saturated rings. The molecule has 152 valence electrons. The van der Waals surface area contributed by atoms with Crippen molar-refractivity contribution in [2.24, 2.45) is 5.73 Å². The lowest BCUT2D eigenvalue weighted by atomic mass is 10.1. The van der Waals surface area contributed by atoms with Crippen LogP contribution in [-0.2, 0) is 15.7 Å². The summed E-state index contributed by atoms with van der Waals surface area (Å²) in [7, 11) is 0. The van der Waals surface area contributed by atoms with Crippen molar-refractivity contribution in [3.8, 4) is 0 Å². The van der Waals surface area contributed by atoms with Crippen LogP contribution in [0.1, 0.15) is 26.3 Å². The predicted octanol–water partition coefficient (Wildman–Crippen LogP) is 2.51. The maximum atomic E-state index is 13.1. The number of primary amides is 1. The maximum Gasteiger partial charge on any atom is 0.418 e. The van der Waals surface area contributed by atoms with E-state index in [2.05, 4.69) is 0 Å². The molecule has 2 aromatic rings. The average molecular weight is 411 g/mol. The second-order valence-electron chi connectivity index (χ2n) is 5.55. The summed E-state index contributed by atoms with van der Waals surface area (Å²) in [6, 6.07) is 6.75. The lowest BCUT2D eigenvalue weighted by Crippen LogP contribution is -2.23. The van der Waals surface area contributed by atoms with E-state index in [1.807, 2.05) is 5.32 Å². The molecule has 0 bridgehead atoms. The number of hydrogen-bond acceptors (Lipinski definition) is 6. The Kier molecular flexibility index (Phi) is 6.16. The first kappa shape index (κ1) is 21.3. The van der Waals surface area contributed by atoms with Gasteiger partial charge in [0.05, 0.1) is 21.7 Å². The quantitative estimate of drug-likeness (QED) is 0.425. The number of rotatable bonds is 6. The second-order valence-corrected chi connectivity index (χ2v) is 5.55. The van der Waals surface area contributed by atoms with Crippen molar-refractivity contribution in [2.45, 2.75) is 6.18 Å². The van der Waals surface area contributed by atoms with E-state index < -0.39 is 52.4 Å². The Labute approximate surface area is 160 Å². The standard InChI is InChI=1S/C17H12F3N3O6/c18-17(19,20)12-7-11(23(27)28)5-6-13(12)22-14(24)8-29-16(26)10-3-1-9(2-4-10)15(21)25/h1-7H,8H2,(H2,21,25)(H,22,24). The number of esters is 1. The monoisotopic (exact) mass is 411 g/mol. The molecule has 0 saturated heterocycles. The third-order valence-corrected chi connectivity index (χ3v) is 3.53. The molecule has 0 unspecified atom stereocenters. The molecule has 0 spiro atoms. The Morgan fingerprint density at radius 2 is 1.66 bits per heavy atom. The van der Waals surface area contributed by atoms with Crippen LogP contribution in [0.25, 0.3) is 0 Å². The SMILES string of the molecule is NC(=O)c1ccc(C(=O)OCC(=O)Nc2ccc([N+](=O)[O-])cc2C(F)(F)F)cc1. The fourth-order valence-corrected chi connectivity index (χ4v) is 2.16. The van der Waals surface area contributed by atoms with Crippen molar-refractivity contribution < 1.29 is 37.2 Å².